The molecule has 1 saturated heterocycles. The van der Waals surface area contributed by atoms with Crippen molar-refractivity contribution in [1.82, 2.24) is 15.1 Å². The fraction of sp³-hybridized carbons (Fsp3) is 0.769. The van der Waals surface area contributed by atoms with E-state index >= 15 is 0 Å². The molecule has 0 radical (unpaired) electrons. The molecule has 1 aromatic heterocycles. The molecular formula is C13H22FN3O. The van der Waals surface area contributed by atoms with Gasteiger partial charge in [-0.1, -0.05) is 0 Å². The number of nitrogens with one attached hydrogen (secondary N) is 1. The summed E-state index contributed by atoms with van der Waals surface area (Å²) in [4.78, 5) is 0. The third-order valence-corrected chi connectivity index (χ3v) is 3.57. The summed E-state index contributed by atoms with van der Waals surface area (Å²) in [5, 5.41) is 7.50. The van der Waals surface area contributed by atoms with E-state index in [-0.39, 0.29) is 12.0 Å². The number of ether oxygens (including phenoxy) is 1. The van der Waals surface area contributed by atoms with Crippen LogP contribution in [0.1, 0.15) is 44.6 Å². The van der Waals surface area contributed by atoms with Crippen molar-refractivity contribution in [2.45, 2.75) is 38.9 Å². The van der Waals surface area contributed by atoms with Crippen LogP contribution in [-0.2, 0) is 0 Å². The number of methoxy groups -OCH3 is 1. The second-order valence-corrected chi connectivity index (χ2v) is 5.13. The Balaban J connectivity index is 2.26. The lowest BCUT2D eigenvalue weighted by Gasteiger charge is -2.27. The minimum Gasteiger partial charge on any atom is -0.493 e. The molecule has 2 rings (SSSR count). The maximum atomic E-state index is 14.8. The van der Waals surface area contributed by atoms with Crippen LogP contribution in [0.3, 0.4) is 0 Å². The van der Waals surface area contributed by atoms with E-state index in [9.17, 15) is 4.39 Å². The molecule has 1 atom stereocenters. The first-order valence-corrected chi connectivity index (χ1v) is 6.61. The molecular weight excluding hydrogens is 233 g/mol. The molecule has 1 aliphatic heterocycles. The lowest BCUT2D eigenvalue weighted by atomic mass is 9.91. The zero-order valence-electron chi connectivity index (χ0n) is 11.3. The number of nitrogens with zero attached hydrogens (tertiary/aromatic N) is 2. The summed E-state index contributed by atoms with van der Waals surface area (Å²) in [6, 6.07) is 0.142. The van der Waals surface area contributed by atoms with Gasteiger partial charge in [-0.2, -0.15) is 5.10 Å². The molecule has 1 aliphatic rings. The number of hydrogen-bond acceptors (Lipinski definition) is 3. The number of aromatic nitrogens is 2. The number of rotatable bonds is 4. The van der Waals surface area contributed by atoms with Gasteiger partial charge in [-0.25, -0.2) is 4.39 Å². The maximum Gasteiger partial charge on any atom is 0.162 e. The minimum absolute atomic E-state index is 0.0642. The van der Waals surface area contributed by atoms with E-state index in [2.05, 4.69) is 10.4 Å². The average Bonchev–Trinajstić information content (AvgIpc) is 2.82. The number of piperidine rings is 1. The maximum absolute atomic E-state index is 14.8. The summed E-state index contributed by atoms with van der Waals surface area (Å²) in [7, 11) is 1.57. The van der Waals surface area contributed by atoms with Crippen LogP contribution in [0.25, 0.3) is 0 Å². The van der Waals surface area contributed by atoms with Crippen molar-refractivity contribution in [1.29, 1.82) is 0 Å². The summed E-state index contributed by atoms with van der Waals surface area (Å²) in [5.41, 5.74) is 0.597. The molecule has 2 heterocycles. The topological polar surface area (TPSA) is 39.1 Å². The van der Waals surface area contributed by atoms with E-state index in [0.29, 0.717) is 11.4 Å². The monoisotopic (exact) mass is 255 g/mol. The fourth-order valence-corrected chi connectivity index (χ4v) is 2.55. The lowest BCUT2D eigenvalue weighted by molar-refractivity contribution is 0.173. The highest BCUT2D eigenvalue weighted by molar-refractivity contribution is 5.28. The van der Waals surface area contributed by atoms with Gasteiger partial charge in [0.2, 0.25) is 0 Å². The van der Waals surface area contributed by atoms with Crippen LogP contribution >= 0.6 is 0 Å². The van der Waals surface area contributed by atoms with Crippen molar-refractivity contribution in [2.75, 3.05) is 20.2 Å². The molecule has 1 aromatic rings. The average molecular weight is 255 g/mol. The molecule has 18 heavy (non-hydrogen) atoms. The largest absolute Gasteiger partial charge is 0.493 e. The molecule has 1 N–H and O–H groups in total. The van der Waals surface area contributed by atoms with Gasteiger partial charge in [0, 0.05) is 6.04 Å². The smallest absolute Gasteiger partial charge is 0.162 e. The first-order valence-electron chi connectivity index (χ1n) is 6.61. The van der Waals surface area contributed by atoms with Crippen LogP contribution in [-0.4, -0.2) is 30.0 Å². The van der Waals surface area contributed by atoms with Crippen LogP contribution in [0.5, 0.6) is 5.75 Å². The molecule has 102 valence electrons. The summed E-state index contributed by atoms with van der Waals surface area (Å²) in [6.45, 7) is 5.79. The van der Waals surface area contributed by atoms with Gasteiger partial charge in [-0.15, -0.1) is 0 Å². The Bertz CT molecular complexity index is 386. The molecule has 1 fully saturated rings. The van der Waals surface area contributed by atoms with Gasteiger partial charge in [0.05, 0.1) is 13.3 Å². The summed E-state index contributed by atoms with van der Waals surface area (Å²) >= 11 is 0. The van der Waals surface area contributed by atoms with Crippen molar-refractivity contribution in [3.63, 3.8) is 0 Å². The first-order chi connectivity index (χ1) is 8.65. The van der Waals surface area contributed by atoms with Crippen LogP contribution < -0.4 is 10.1 Å². The standard InChI is InChI=1S/C13H22FN3O/c1-9(2)17-13(11(18-3)8-16-17)12(14)10-4-6-15-7-5-10/h8-10,12,15H,4-7H2,1-3H3. The second-order valence-electron chi connectivity index (χ2n) is 5.13. The molecule has 0 aromatic carbocycles. The number of hydrogen-bond donors (Lipinski definition) is 1. The summed E-state index contributed by atoms with van der Waals surface area (Å²) in [6.07, 6.45) is 2.36. The molecule has 0 amide bonds. The van der Waals surface area contributed by atoms with Gasteiger partial charge in [0.1, 0.15) is 11.9 Å². The summed E-state index contributed by atoms with van der Waals surface area (Å²) < 4.78 is 21.7. The van der Waals surface area contributed by atoms with Gasteiger partial charge in [0.25, 0.3) is 0 Å². The third kappa shape index (κ3) is 2.51. The molecule has 0 aliphatic carbocycles. The van der Waals surface area contributed by atoms with Crippen LogP contribution in [0, 0.1) is 5.92 Å². The van der Waals surface area contributed by atoms with Gasteiger partial charge in [-0.3, -0.25) is 4.68 Å². The summed E-state index contributed by atoms with van der Waals surface area (Å²) in [5.74, 6) is 0.629. The van der Waals surface area contributed by atoms with Gasteiger partial charge in [0.15, 0.2) is 5.75 Å². The zero-order chi connectivity index (χ0) is 13.1. The van der Waals surface area contributed by atoms with E-state index in [1.54, 1.807) is 18.0 Å². The Labute approximate surface area is 108 Å². The van der Waals surface area contributed by atoms with Crippen molar-refractivity contribution in [3.05, 3.63) is 11.9 Å². The normalized spacial score (nSPS) is 19.2. The Morgan fingerprint density at radius 2 is 2.11 bits per heavy atom. The highest BCUT2D eigenvalue weighted by Gasteiger charge is 2.31. The lowest BCUT2D eigenvalue weighted by Crippen LogP contribution is -2.30. The quantitative estimate of drug-likeness (QED) is 0.898. The van der Waals surface area contributed by atoms with Crippen LogP contribution in [0.4, 0.5) is 4.39 Å². The fourth-order valence-electron chi connectivity index (χ4n) is 2.55. The Hall–Kier alpha value is -1.10. The van der Waals surface area contributed by atoms with Crippen LogP contribution in [0.15, 0.2) is 6.20 Å². The molecule has 5 heteroatoms. The van der Waals surface area contributed by atoms with Gasteiger partial charge in [-0.05, 0) is 45.7 Å². The Morgan fingerprint density at radius 1 is 1.44 bits per heavy atom. The molecule has 0 saturated carbocycles. The molecule has 4 nitrogen and oxygen atoms in total. The minimum atomic E-state index is -0.994. The molecule has 0 spiro atoms. The molecule has 0 bridgehead atoms. The van der Waals surface area contributed by atoms with Crippen LogP contribution in [0.2, 0.25) is 0 Å². The van der Waals surface area contributed by atoms with Crippen molar-refractivity contribution in [3.8, 4) is 5.75 Å². The van der Waals surface area contributed by atoms with Gasteiger partial charge >= 0.3 is 0 Å². The predicted octanol–water partition coefficient (Wildman–Crippen LogP) is 2.48. The zero-order valence-corrected chi connectivity index (χ0v) is 11.3. The SMILES string of the molecule is COc1cnn(C(C)C)c1C(F)C1CCNCC1. The Morgan fingerprint density at radius 3 is 2.67 bits per heavy atom. The van der Waals surface area contributed by atoms with Crippen molar-refractivity contribution >= 4 is 0 Å². The van der Waals surface area contributed by atoms with E-state index in [4.69, 9.17) is 4.74 Å². The second kappa shape index (κ2) is 5.69. The highest BCUT2D eigenvalue weighted by Crippen LogP contribution is 2.38. The van der Waals surface area contributed by atoms with E-state index in [0.717, 1.165) is 25.9 Å². The predicted molar refractivity (Wildman–Crippen MR) is 68.6 cm³/mol. The van der Waals surface area contributed by atoms with Crippen molar-refractivity contribution in [2.24, 2.45) is 5.92 Å². The first kappa shape index (κ1) is 13.3. The van der Waals surface area contributed by atoms with E-state index in [1.165, 1.54) is 0 Å². The number of halogens is 1. The van der Waals surface area contributed by atoms with Gasteiger partial charge < -0.3 is 10.1 Å². The Kier molecular flexibility index (Phi) is 4.22. The van der Waals surface area contributed by atoms with E-state index in [1.807, 2.05) is 13.8 Å². The van der Waals surface area contributed by atoms with E-state index < -0.39 is 6.17 Å². The highest BCUT2D eigenvalue weighted by atomic mass is 19.1. The van der Waals surface area contributed by atoms with Crippen molar-refractivity contribution < 1.29 is 9.13 Å². The number of alkyl halides is 1. The molecule has 1 unspecified atom stereocenters. The third-order valence-electron chi connectivity index (χ3n) is 3.57.